The number of carbonyl (C=O) groups is 2. The molecule has 8 heteroatoms. The van der Waals surface area contributed by atoms with Gasteiger partial charge in [0.15, 0.2) is 0 Å². The van der Waals surface area contributed by atoms with Gasteiger partial charge in [0.05, 0.1) is 29.8 Å². The molecule has 1 aliphatic rings. The first-order valence-electron chi connectivity index (χ1n) is 10.7. The molecule has 4 aromatic rings. The van der Waals surface area contributed by atoms with Crippen molar-refractivity contribution in [3.8, 4) is 0 Å². The standard InChI is InChI=1S/C25H22FN3O3S/c1-15-20-13-22(33-24(20)29(27-15)14-16-8-10-17(26)11-9-16)23(30)28-12-4-6-18-19(25(31)32-2)5-3-7-21(18)28/h3,5,7-11,13H,4,6,12,14H2,1-2H3. The largest absolute Gasteiger partial charge is 0.465 e. The van der Waals surface area contributed by atoms with Crippen molar-refractivity contribution in [2.45, 2.75) is 26.3 Å². The van der Waals surface area contributed by atoms with Crippen molar-refractivity contribution >= 4 is 39.1 Å². The van der Waals surface area contributed by atoms with Crippen LogP contribution in [0.25, 0.3) is 10.2 Å². The van der Waals surface area contributed by atoms with Gasteiger partial charge in [-0.3, -0.25) is 9.48 Å². The average Bonchev–Trinajstić information content (AvgIpc) is 3.40. The van der Waals surface area contributed by atoms with E-state index in [-0.39, 0.29) is 17.7 Å². The summed E-state index contributed by atoms with van der Waals surface area (Å²) in [7, 11) is 1.36. The third-order valence-electron chi connectivity index (χ3n) is 5.96. The Balaban J connectivity index is 1.49. The number of esters is 1. The van der Waals surface area contributed by atoms with Crippen LogP contribution < -0.4 is 4.90 Å². The highest BCUT2D eigenvalue weighted by atomic mass is 32.1. The van der Waals surface area contributed by atoms with Crippen molar-refractivity contribution in [3.05, 3.63) is 81.6 Å². The summed E-state index contributed by atoms with van der Waals surface area (Å²) in [6, 6.07) is 13.6. The molecule has 0 N–H and O–H groups in total. The molecule has 0 spiro atoms. The molecule has 168 valence electrons. The van der Waals surface area contributed by atoms with Gasteiger partial charge in [-0.15, -0.1) is 11.3 Å². The number of hydrogen-bond donors (Lipinski definition) is 0. The highest BCUT2D eigenvalue weighted by Crippen LogP contribution is 2.35. The molecule has 2 aromatic carbocycles. The first-order valence-corrected chi connectivity index (χ1v) is 11.5. The topological polar surface area (TPSA) is 64.4 Å². The number of ether oxygens (including phenoxy) is 1. The number of aryl methyl sites for hydroxylation is 1. The third kappa shape index (κ3) is 3.80. The molecular weight excluding hydrogens is 441 g/mol. The lowest BCUT2D eigenvalue weighted by Gasteiger charge is -2.30. The first-order chi connectivity index (χ1) is 16.0. The number of nitrogens with zero attached hydrogens (tertiary/aromatic N) is 3. The zero-order chi connectivity index (χ0) is 23.1. The van der Waals surface area contributed by atoms with Gasteiger partial charge in [-0.2, -0.15) is 5.10 Å². The molecule has 5 rings (SSSR count). The number of carbonyl (C=O) groups excluding carboxylic acids is 2. The molecule has 1 aliphatic heterocycles. The van der Waals surface area contributed by atoms with Crippen LogP contribution in [-0.4, -0.2) is 35.3 Å². The predicted molar refractivity (Wildman–Crippen MR) is 126 cm³/mol. The lowest BCUT2D eigenvalue weighted by molar-refractivity contribution is 0.0599. The number of aromatic nitrogens is 2. The first kappa shape index (κ1) is 21.3. The van der Waals surface area contributed by atoms with E-state index in [1.54, 1.807) is 29.2 Å². The number of hydrogen-bond acceptors (Lipinski definition) is 5. The maximum absolute atomic E-state index is 13.5. The van der Waals surface area contributed by atoms with Crippen molar-refractivity contribution in [1.82, 2.24) is 9.78 Å². The van der Waals surface area contributed by atoms with E-state index in [1.807, 2.05) is 23.7 Å². The molecule has 33 heavy (non-hydrogen) atoms. The van der Waals surface area contributed by atoms with Crippen molar-refractivity contribution in [1.29, 1.82) is 0 Å². The fourth-order valence-corrected chi connectivity index (χ4v) is 5.47. The number of benzene rings is 2. The van der Waals surface area contributed by atoms with Gasteiger partial charge in [-0.25, -0.2) is 9.18 Å². The molecular formula is C25H22FN3O3S. The van der Waals surface area contributed by atoms with E-state index < -0.39 is 0 Å². The molecule has 6 nitrogen and oxygen atoms in total. The molecule has 0 aliphatic carbocycles. The maximum atomic E-state index is 13.5. The van der Waals surface area contributed by atoms with Crippen LogP contribution in [0.15, 0.2) is 48.5 Å². The Morgan fingerprint density at radius 2 is 1.97 bits per heavy atom. The third-order valence-corrected chi connectivity index (χ3v) is 7.10. The predicted octanol–water partition coefficient (Wildman–Crippen LogP) is 4.97. The smallest absolute Gasteiger partial charge is 0.338 e. The van der Waals surface area contributed by atoms with Gasteiger partial charge in [0.25, 0.3) is 5.91 Å². The summed E-state index contributed by atoms with van der Waals surface area (Å²) in [5.41, 5.74) is 3.89. The number of thiophene rings is 1. The molecule has 3 heterocycles. The zero-order valence-corrected chi connectivity index (χ0v) is 19.1. The van der Waals surface area contributed by atoms with E-state index in [9.17, 15) is 14.0 Å². The van der Waals surface area contributed by atoms with Crippen LogP contribution >= 0.6 is 11.3 Å². The Labute approximate surface area is 194 Å². The van der Waals surface area contributed by atoms with Crippen molar-refractivity contribution in [3.63, 3.8) is 0 Å². The van der Waals surface area contributed by atoms with Gasteiger partial charge in [0, 0.05) is 17.6 Å². The number of methoxy groups -OCH3 is 1. The van der Waals surface area contributed by atoms with E-state index in [0.717, 1.165) is 45.6 Å². The fourth-order valence-electron chi connectivity index (χ4n) is 4.36. The molecule has 0 bridgehead atoms. The monoisotopic (exact) mass is 463 g/mol. The minimum Gasteiger partial charge on any atom is -0.465 e. The molecule has 2 aromatic heterocycles. The lowest BCUT2D eigenvalue weighted by Crippen LogP contribution is -2.35. The molecule has 0 saturated carbocycles. The summed E-state index contributed by atoms with van der Waals surface area (Å²) in [5, 5.41) is 5.55. The zero-order valence-electron chi connectivity index (χ0n) is 18.3. The van der Waals surface area contributed by atoms with Crippen LogP contribution in [0.3, 0.4) is 0 Å². The van der Waals surface area contributed by atoms with Crippen molar-refractivity contribution in [2.24, 2.45) is 0 Å². The summed E-state index contributed by atoms with van der Waals surface area (Å²) >= 11 is 1.40. The minimum atomic E-state index is -0.389. The second-order valence-corrected chi connectivity index (χ2v) is 9.08. The van der Waals surface area contributed by atoms with E-state index in [4.69, 9.17) is 4.74 Å². The molecule has 0 saturated heterocycles. The summed E-state index contributed by atoms with van der Waals surface area (Å²) in [5.74, 6) is -0.756. The minimum absolute atomic E-state index is 0.0908. The Morgan fingerprint density at radius 1 is 1.18 bits per heavy atom. The number of rotatable bonds is 4. The lowest BCUT2D eigenvalue weighted by atomic mass is 9.96. The van der Waals surface area contributed by atoms with Crippen LogP contribution in [0.1, 0.15) is 43.3 Å². The Hall–Kier alpha value is -3.52. The van der Waals surface area contributed by atoms with Gasteiger partial charge >= 0.3 is 5.97 Å². The highest BCUT2D eigenvalue weighted by Gasteiger charge is 2.28. The quantitative estimate of drug-likeness (QED) is 0.401. The van der Waals surface area contributed by atoms with Crippen LogP contribution in [0, 0.1) is 12.7 Å². The van der Waals surface area contributed by atoms with E-state index in [0.29, 0.717) is 23.5 Å². The molecule has 1 amide bonds. The number of fused-ring (bicyclic) bond motifs is 2. The van der Waals surface area contributed by atoms with Crippen molar-refractivity contribution < 1.29 is 18.7 Å². The second-order valence-electron chi connectivity index (χ2n) is 8.05. The van der Waals surface area contributed by atoms with Crippen molar-refractivity contribution in [2.75, 3.05) is 18.6 Å². The SMILES string of the molecule is COC(=O)c1cccc2c1CCCN2C(=O)c1cc2c(C)nn(Cc3ccc(F)cc3)c2s1. The van der Waals surface area contributed by atoms with E-state index in [1.165, 1.54) is 30.6 Å². The number of halogens is 1. The Bertz CT molecular complexity index is 1370. The van der Waals surface area contributed by atoms with E-state index in [2.05, 4.69) is 5.10 Å². The molecule has 0 fully saturated rings. The van der Waals surface area contributed by atoms with Crippen LogP contribution in [0.2, 0.25) is 0 Å². The summed E-state index contributed by atoms with van der Waals surface area (Å²) in [6.07, 6.45) is 1.50. The molecule has 0 atom stereocenters. The van der Waals surface area contributed by atoms with Crippen LogP contribution in [0.4, 0.5) is 10.1 Å². The van der Waals surface area contributed by atoms with E-state index >= 15 is 0 Å². The number of anilines is 1. The van der Waals surface area contributed by atoms with Crippen LogP contribution in [-0.2, 0) is 17.7 Å². The molecule has 0 radical (unpaired) electrons. The van der Waals surface area contributed by atoms with Gasteiger partial charge in [0.1, 0.15) is 10.6 Å². The highest BCUT2D eigenvalue weighted by molar-refractivity contribution is 7.20. The van der Waals surface area contributed by atoms with Crippen LogP contribution in [0.5, 0.6) is 0 Å². The normalized spacial score (nSPS) is 13.2. The number of amides is 1. The van der Waals surface area contributed by atoms with Gasteiger partial charge in [-0.05, 0) is 61.2 Å². The second kappa shape index (κ2) is 8.44. The molecule has 0 unspecified atom stereocenters. The Kier molecular flexibility index (Phi) is 5.46. The average molecular weight is 464 g/mol. The van der Waals surface area contributed by atoms with Gasteiger partial charge in [0.2, 0.25) is 0 Å². The summed E-state index contributed by atoms with van der Waals surface area (Å²) in [4.78, 5) is 29.0. The van der Waals surface area contributed by atoms with Gasteiger partial charge in [-0.1, -0.05) is 18.2 Å². The Morgan fingerprint density at radius 3 is 2.73 bits per heavy atom. The summed E-state index contributed by atoms with van der Waals surface area (Å²) < 4.78 is 20.0. The maximum Gasteiger partial charge on any atom is 0.338 e. The summed E-state index contributed by atoms with van der Waals surface area (Å²) in [6.45, 7) is 3.00. The fraction of sp³-hybridized carbons (Fsp3) is 0.240. The van der Waals surface area contributed by atoms with Gasteiger partial charge < -0.3 is 9.64 Å².